The third-order valence-electron chi connectivity index (χ3n) is 3.23. The minimum atomic E-state index is -0.840. The molecule has 16 heavy (non-hydrogen) atoms. The summed E-state index contributed by atoms with van der Waals surface area (Å²) in [5.74, 6) is -0.941. The molecular weight excluding hydrogens is 210 g/mol. The first kappa shape index (κ1) is 13.0. The molecule has 2 unspecified atom stereocenters. The lowest BCUT2D eigenvalue weighted by atomic mass is 9.90. The zero-order valence-electron chi connectivity index (χ0n) is 10.0. The number of likely N-dealkylation sites (tertiary alicyclic amines) is 1. The lowest BCUT2D eigenvalue weighted by Gasteiger charge is -2.23. The molecule has 2 atom stereocenters. The molecule has 1 fully saturated rings. The fraction of sp³-hybridized carbons (Fsp3) is 0.818. The van der Waals surface area contributed by atoms with Crippen LogP contribution in [0, 0.1) is 5.41 Å². The van der Waals surface area contributed by atoms with E-state index in [0.717, 1.165) is 0 Å². The van der Waals surface area contributed by atoms with Crippen LogP contribution >= 0.6 is 0 Å². The topological polar surface area (TPSA) is 66.8 Å². The second-order valence-electron chi connectivity index (χ2n) is 4.51. The van der Waals surface area contributed by atoms with E-state index in [0.29, 0.717) is 19.4 Å². The van der Waals surface area contributed by atoms with E-state index in [1.807, 2.05) is 6.92 Å². The predicted molar refractivity (Wildman–Crippen MR) is 58.0 cm³/mol. The maximum absolute atomic E-state index is 11.9. The smallest absolute Gasteiger partial charge is 0.311 e. The van der Waals surface area contributed by atoms with E-state index in [1.54, 1.807) is 11.8 Å². The van der Waals surface area contributed by atoms with Crippen LogP contribution in [0.5, 0.6) is 0 Å². The summed E-state index contributed by atoms with van der Waals surface area (Å²) < 4.78 is 5.06. The van der Waals surface area contributed by atoms with Crippen LogP contribution in [0.15, 0.2) is 0 Å². The highest BCUT2D eigenvalue weighted by molar-refractivity contribution is 5.83. The number of methoxy groups -OCH3 is 1. The van der Waals surface area contributed by atoms with Crippen LogP contribution in [-0.2, 0) is 14.3 Å². The summed E-state index contributed by atoms with van der Waals surface area (Å²) in [6.07, 6.45) is 0.667. The summed E-state index contributed by atoms with van der Waals surface area (Å²) in [4.78, 5) is 24.5. The van der Waals surface area contributed by atoms with Crippen molar-refractivity contribution < 1.29 is 19.4 Å². The quantitative estimate of drug-likeness (QED) is 0.772. The summed E-state index contributed by atoms with van der Waals surface area (Å²) in [7, 11) is 1.50. The summed E-state index contributed by atoms with van der Waals surface area (Å²) in [5.41, 5.74) is -0.804. The van der Waals surface area contributed by atoms with Gasteiger partial charge in [-0.25, -0.2) is 0 Å². The van der Waals surface area contributed by atoms with Gasteiger partial charge in [0.25, 0.3) is 5.91 Å². The van der Waals surface area contributed by atoms with Gasteiger partial charge in [0.15, 0.2) is 0 Å². The number of carbonyl (C=O) groups excluding carboxylic acids is 1. The van der Waals surface area contributed by atoms with E-state index in [9.17, 15) is 9.59 Å². The van der Waals surface area contributed by atoms with E-state index in [2.05, 4.69) is 0 Å². The molecule has 92 valence electrons. The normalized spacial score (nSPS) is 26.8. The monoisotopic (exact) mass is 229 g/mol. The molecule has 5 nitrogen and oxygen atoms in total. The van der Waals surface area contributed by atoms with Gasteiger partial charge >= 0.3 is 5.97 Å². The van der Waals surface area contributed by atoms with E-state index in [1.165, 1.54) is 7.11 Å². The lowest BCUT2D eigenvalue weighted by Crippen LogP contribution is -2.40. The fourth-order valence-corrected chi connectivity index (χ4v) is 1.97. The van der Waals surface area contributed by atoms with Gasteiger partial charge in [0, 0.05) is 20.2 Å². The van der Waals surface area contributed by atoms with Gasteiger partial charge in [-0.3, -0.25) is 9.59 Å². The molecule has 5 heteroatoms. The summed E-state index contributed by atoms with van der Waals surface area (Å²) in [6, 6.07) is 0. The number of carboxylic acid groups (broad SMARTS) is 1. The maximum atomic E-state index is 11.9. The number of carbonyl (C=O) groups is 2. The minimum Gasteiger partial charge on any atom is -0.481 e. The Hall–Kier alpha value is -1.10. The minimum absolute atomic E-state index is 0.102. The first-order valence-corrected chi connectivity index (χ1v) is 5.49. The Labute approximate surface area is 95.4 Å². The van der Waals surface area contributed by atoms with Gasteiger partial charge in [-0.1, -0.05) is 6.92 Å². The number of aliphatic carboxylic acids is 1. The van der Waals surface area contributed by atoms with Crippen molar-refractivity contribution in [3.8, 4) is 0 Å². The number of ether oxygens (including phenoxy) is 1. The Morgan fingerprint density at radius 3 is 2.56 bits per heavy atom. The zero-order chi connectivity index (χ0) is 12.3. The average molecular weight is 229 g/mol. The van der Waals surface area contributed by atoms with Crippen molar-refractivity contribution in [1.29, 1.82) is 0 Å². The molecule has 0 radical (unpaired) electrons. The highest BCUT2D eigenvalue weighted by atomic mass is 16.5. The third-order valence-corrected chi connectivity index (χ3v) is 3.23. The fourth-order valence-electron chi connectivity index (χ4n) is 1.97. The highest BCUT2D eigenvalue weighted by Gasteiger charge is 2.43. The van der Waals surface area contributed by atoms with Crippen molar-refractivity contribution in [2.75, 3.05) is 20.2 Å². The number of carboxylic acids is 1. The lowest BCUT2D eigenvalue weighted by molar-refractivity contribution is -0.148. The number of hydrogen-bond acceptors (Lipinski definition) is 3. The van der Waals surface area contributed by atoms with E-state index in [-0.39, 0.29) is 12.5 Å². The molecule has 0 bridgehead atoms. The zero-order valence-corrected chi connectivity index (χ0v) is 10.0. The van der Waals surface area contributed by atoms with Crippen molar-refractivity contribution in [3.05, 3.63) is 0 Å². The van der Waals surface area contributed by atoms with Crippen LogP contribution in [0.25, 0.3) is 0 Å². The summed E-state index contributed by atoms with van der Waals surface area (Å²) in [5, 5.41) is 9.06. The Kier molecular flexibility index (Phi) is 3.91. The molecule has 0 aromatic heterocycles. The van der Waals surface area contributed by atoms with E-state index < -0.39 is 17.5 Å². The van der Waals surface area contributed by atoms with Crippen molar-refractivity contribution in [2.24, 2.45) is 5.41 Å². The molecule has 1 saturated heterocycles. The second kappa shape index (κ2) is 4.82. The Bertz CT molecular complexity index is 288. The molecule has 1 aliphatic heterocycles. The molecule has 0 saturated carbocycles. The molecule has 0 aromatic rings. The largest absolute Gasteiger partial charge is 0.481 e. The van der Waals surface area contributed by atoms with Crippen LogP contribution in [0.3, 0.4) is 0 Å². The second-order valence-corrected chi connectivity index (χ2v) is 4.51. The van der Waals surface area contributed by atoms with Gasteiger partial charge in [0.1, 0.15) is 6.10 Å². The average Bonchev–Trinajstić information content (AvgIpc) is 2.64. The summed E-state index contributed by atoms with van der Waals surface area (Å²) in [6.45, 7) is 4.33. The Balaban J connectivity index is 2.66. The van der Waals surface area contributed by atoms with Crippen molar-refractivity contribution in [3.63, 3.8) is 0 Å². The van der Waals surface area contributed by atoms with Crippen LogP contribution in [0.2, 0.25) is 0 Å². The number of amides is 1. The highest BCUT2D eigenvalue weighted by Crippen LogP contribution is 2.30. The van der Waals surface area contributed by atoms with Crippen LogP contribution in [-0.4, -0.2) is 48.2 Å². The molecule has 0 aromatic carbocycles. The Morgan fingerprint density at radius 2 is 2.19 bits per heavy atom. The molecule has 1 rings (SSSR count). The van der Waals surface area contributed by atoms with Crippen molar-refractivity contribution >= 4 is 11.9 Å². The van der Waals surface area contributed by atoms with Gasteiger partial charge in [0.2, 0.25) is 0 Å². The molecule has 1 N–H and O–H groups in total. The number of nitrogens with zero attached hydrogens (tertiary/aromatic N) is 1. The van der Waals surface area contributed by atoms with E-state index in [4.69, 9.17) is 9.84 Å². The molecular formula is C11H19NO4. The first-order valence-electron chi connectivity index (χ1n) is 5.49. The summed E-state index contributed by atoms with van der Waals surface area (Å²) >= 11 is 0. The van der Waals surface area contributed by atoms with Gasteiger partial charge in [-0.15, -0.1) is 0 Å². The SMILES string of the molecule is CCC(OC)C(=O)N1CCC(C)(C(=O)O)C1. The van der Waals surface area contributed by atoms with Crippen LogP contribution in [0.1, 0.15) is 26.7 Å². The van der Waals surface area contributed by atoms with Crippen molar-refractivity contribution in [1.82, 2.24) is 4.90 Å². The van der Waals surface area contributed by atoms with Gasteiger partial charge < -0.3 is 14.7 Å². The standard InChI is InChI=1S/C11H19NO4/c1-4-8(16-3)9(13)12-6-5-11(2,7-12)10(14)15/h8H,4-7H2,1-3H3,(H,14,15). The molecule has 0 spiro atoms. The molecule has 1 aliphatic rings. The van der Waals surface area contributed by atoms with Gasteiger partial charge in [0.05, 0.1) is 5.41 Å². The Morgan fingerprint density at radius 1 is 1.56 bits per heavy atom. The number of rotatable bonds is 4. The molecule has 0 aliphatic carbocycles. The molecule has 1 amide bonds. The van der Waals surface area contributed by atoms with E-state index >= 15 is 0 Å². The maximum Gasteiger partial charge on any atom is 0.311 e. The van der Waals surface area contributed by atoms with Crippen molar-refractivity contribution in [2.45, 2.75) is 32.8 Å². The van der Waals surface area contributed by atoms with Crippen LogP contribution < -0.4 is 0 Å². The van der Waals surface area contributed by atoms with Gasteiger partial charge in [-0.2, -0.15) is 0 Å². The van der Waals surface area contributed by atoms with Crippen LogP contribution in [0.4, 0.5) is 0 Å². The first-order chi connectivity index (χ1) is 7.44. The molecule has 1 heterocycles. The predicted octanol–water partition coefficient (Wildman–Crippen LogP) is 0.735. The third kappa shape index (κ3) is 2.35. The number of hydrogen-bond donors (Lipinski definition) is 1. The van der Waals surface area contributed by atoms with Gasteiger partial charge in [-0.05, 0) is 19.8 Å².